The van der Waals surface area contributed by atoms with Crippen LogP contribution >= 0.6 is 7.82 Å². The zero-order chi connectivity index (χ0) is 64.1. The molecule has 0 aliphatic carbocycles. The van der Waals surface area contributed by atoms with Crippen LogP contribution in [0.15, 0.2) is 182 Å². The van der Waals surface area contributed by atoms with Gasteiger partial charge < -0.3 is 18.9 Å². The van der Waals surface area contributed by atoms with Crippen molar-refractivity contribution in [2.75, 3.05) is 47.5 Å². The molecule has 0 aromatic heterocycles. The van der Waals surface area contributed by atoms with E-state index < -0.39 is 32.5 Å². The molecule has 9 nitrogen and oxygen atoms in total. The third-order valence-corrected chi connectivity index (χ3v) is 14.9. The minimum Gasteiger partial charge on any atom is -0.462 e. The van der Waals surface area contributed by atoms with E-state index in [1.54, 1.807) is 0 Å². The lowest BCUT2D eigenvalue weighted by Gasteiger charge is -2.24. The first-order valence-corrected chi connectivity index (χ1v) is 36.0. The Bertz CT molecular complexity index is 2140. The molecule has 88 heavy (non-hydrogen) atoms. The number of phosphoric ester groups is 1. The van der Waals surface area contributed by atoms with Crippen LogP contribution in [0.1, 0.15) is 245 Å². The largest absolute Gasteiger partial charge is 0.472 e. The molecule has 0 saturated carbocycles. The summed E-state index contributed by atoms with van der Waals surface area (Å²) in [6, 6.07) is 0. The number of nitrogens with zero attached hydrogens (tertiary/aromatic N) is 1. The van der Waals surface area contributed by atoms with Crippen molar-refractivity contribution in [3.8, 4) is 0 Å². The van der Waals surface area contributed by atoms with Gasteiger partial charge in [-0.05, 0) is 128 Å². The zero-order valence-electron chi connectivity index (χ0n) is 56.4. The van der Waals surface area contributed by atoms with E-state index >= 15 is 0 Å². The van der Waals surface area contributed by atoms with Gasteiger partial charge in [-0.2, -0.15) is 0 Å². The lowest BCUT2D eigenvalue weighted by Crippen LogP contribution is -2.37. The Kier molecular flexibility index (Phi) is 62.8. The van der Waals surface area contributed by atoms with Crippen LogP contribution in [0.4, 0.5) is 0 Å². The zero-order valence-corrected chi connectivity index (χ0v) is 57.3. The maximum atomic E-state index is 12.9. The first-order valence-electron chi connectivity index (χ1n) is 34.5. The summed E-state index contributed by atoms with van der Waals surface area (Å²) >= 11 is 0. The van der Waals surface area contributed by atoms with Crippen LogP contribution in [0, 0.1) is 0 Å². The number of allylic oxidation sites excluding steroid dienone is 30. The summed E-state index contributed by atoms with van der Waals surface area (Å²) in [7, 11) is 1.43. The summed E-state index contributed by atoms with van der Waals surface area (Å²) in [6.07, 6.45) is 103. The van der Waals surface area contributed by atoms with Gasteiger partial charge in [0, 0.05) is 12.8 Å². The van der Waals surface area contributed by atoms with Gasteiger partial charge in [0.25, 0.3) is 0 Å². The number of carbonyl (C=O) groups is 2. The van der Waals surface area contributed by atoms with Crippen molar-refractivity contribution in [2.24, 2.45) is 0 Å². The van der Waals surface area contributed by atoms with Gasteiger partial charge in [-0.15, -0.1) is 0 Å². The number of esters is 2. The van der Waals surface area contributed by atoms with Crippen LogP contribution in [0.2, 0.25) is 0 Å². The van der Waals surface area contributed by atoms with Gasteiger partial charge in [-0.25, -0.2) is 4.57 Å². The number of unbranched alkanes of at least 4 members (excludes halogenated alkanes) is 17. The van der Waals surface area contributed by atoms with Crippen molar-refractivity contribution in [3.63, 3.8) is 0 Å². The number of hydrogen-bond donors (Lipinski definition) is 1. The van der Waals surface area contributed by atoms with Crippen LogP contribution in [-0.4, -0.2) is 74.9 Å². The van der Waals surface area contributed by atoms with Gasteiger partial charge in [0.2, 0.25) is 0 Å². The third kappa shape index (κ3) is 70.2. The topological polar surface area (TPSA) is 108 Å². The highest BCUT2D eigenvalue weighted by molar-refractivity contribution is 7.47. The summed E-state index contributed by atoms with van der Waals surface area (Å²) in [6.45, 7) is 4.12. The molecule has 0 bridgehead atoms. The molecular weight excluding hydrogens is 1110 g/mol. The molecule has 0 radical (unpaired) electrons. The normalized spacial score (nSPS) is 14.3. The van der Waals surface area contributed by atoms with Crippen molar-refractivity contribution in [1.29, 1.82) is 0 Å². The molecule has 1 N–H and O–H groups in total. The summed E-state index contributed by atoms with van der Waals surface area (Å²) < 4.78 is 34.6. The molecule has 2 atom stereocenters. The molecule has 2 unspecified atom stereocenters. The van der Waals surface area contributed by atoms with Crippen molar-refractivity contribution in [1.82, 2.24) is 0 Å². The van der Waals surface area contributed by atoms with Gasteiger partial charge in [0.1, 0.15) is 19.8 Å². The van der Waals surface area contributed by atoms with Gasteiger partial charge in [0.05, 0.1) is 27.7 Å². The monoisotopic (exact) mass is 1240 g/mol. The lowest BCUT2D eigenvalue weighted by molar-refractivity contribution is -0.870. The van der Waals surface area contributed by atoms with Crippen LogP contribution in [0.5, 0.6) is 0 Å². The van der Waals surface area contributed by atoms with Gasteiger partial charge >= 0.3 is 19.8 Å². The fraction of sp³-hybridized carbons (Fsp3) is 0.590. The smallest absolute Gasteiger partial charge is 0.462 e. The SMILES string of the molecule is CC/C=C\C/C=C\C/C=C\C/C=C\C/C=C\C/C=C\C/C=C\C/C=C\CCCCCCCCCCCCCCCCCCC(=O)OC(COC(=O)CCC/C=C\C/C=C\C/C=C\C/C=C\C/C=C\C/C=C\C/C=C\CC)COP(=O)(O)OCC[N+](C)(C)C. The Labute approximate surface area is 540 Å². The molecule has 0 aromatic carbocycles. The van der Waals surface area contributed by atoms with E-state index in [2.05, 4.69) is 196 Å². The highest BCUT2D eigenvalue weighted by Crippen LogP contribution is 2.43. The molecule has 0 aromatic rings. The summed E-state index contributed by atoms with van der Waals surface area (Å²) in [4.78, 5) is 35.8. The maximum Gasteiger partial charge on any atom is 0.472 e. The molecular formula is C78H127NO8P+. The van der Waals surface area contributed by atoms with Gasteiger partial charge in [0.15, 0.2) is 6.10 Å². The Hall–Kier alpha value is -4.89. The molecule has 10 heteroatoms. The maximum absolute atomic E-state index is 12.9. The lowest BCUT2D eigenvalue weighted by atomic mass is 10.0. The predicted molar refractivity (Wildman–Crippen MR) is 380 cm³/mol. The van der Waals surface area contributed by atoms with E-state index in [1.807, 2.05) is 21.1 Å². The predicted octanol–water partition coefficient (Wildman–Crippen LogP) is 22.7. The van der Waals surface area contributed by atoms with Crippen molar-refractivity contribution < 1.29 is 42.1 Å². The molecule has 0 heterocycles. The van der Waals surface area contributed by atoms with Crippen molar-refractivity contribution in [2.45, 2.75) is 251 Å². The minimum absolute atomic E-state index is 0.0141. The second-order valence-corrected chi connectivity index (χ2v) is 24.9. The molecule has 0 saturated heterocycles. The van der Waals surface area contributed by atoms with Crippen molar-refractivity contribution >= 4 is 19.8 Å². The summed E-state index contributed by atoms with van der Waals surface area (Å²) in [5, 5.41) is 0. The highest BCUT2D eigenvalue weighted by Gasteiger charge is 2.27. The summed E-state index contributed by atoms with van der Waals surface area (Å²) in [5.74, 6) is -0.876. The van der Waals surface area contributed by atoms with E-state index in [0.29, 0.717) is 23.9 Å². The van der Waals surface area contributed by atoms with E-state index in [1.165, 1.54) is 83.5 Å². The average Bonchev–Trinajstić information content (AvgIpc) is 3.58. The number of ether oxygens (including phenoxy) is 2. The molecule has 0 spiro atoms. The molecule has 0 amide bonds. The Balaban J connectivity index is 4.11. The number of carbonyl (C=O) groups excluding carboxylic acids is 2. The van der Waals surface area contributed by atoms with Crippen LogP contribution in [-0.2, 0) is 32.7 Å². The fourth-order valence-corrected chi connectivity index (χ4v) is 9.47. The number of quaternary nitrogens is 1. The third-order valence-electron chi connectivity index (χ3n) is 13.9. The standard InChI is InChI=1S/C78H126NO8P/c1-6-8-10-12-14-16-18-20-22-24-26-28-30-31-32-33-34-35-36-37-38-39-40-41-42-43-44-45-46-47-49-51-53-55-57-59-61-63-65-67-69-71-78(81)87-76(75-86-88(82,83)85-73-72-79(3,4)5)74-84-77(80)70-68-66-64-62-60-58-56-54-52-50-48-29-27-25-23-21-19-17-15-13-11-9-7-2/h8-11,14-17,20-23,26-29,31-32,34-35,37-38,40-41,50,52,56,58,62,64,76H,6-7,12-13,18-19,24-25,30,33,36,39,42-49,51,53-55,57,59-61,63,65-75H2,1-5H3/p+1/b10-8-,11-9-,16-14-,17-15-,22-20-,23-21-,28-26-,29-27-,32-31-,35-34-,38-37-,41-40-,52-50-,58-56-,64-62-. The number of likely N-dealkylation sites (N-methyl/N-ethyl adjacent to an activating group) is 1. The second kappa shape index (κ2) is 66.5. The Morgan fingerprint density at radius 3 is 0.943 bits per heavy atom. The van der Waals surface area contributed by atoms with Gasteiger partial charge in [-0.3, -0.25) is 18.6 Å². The first kappa shape index (κ1) is 83.1. The number of rotatable bonds is 61. The van der Waals surface area contributed by atoms with Crippen LogP contribution in [0.25, 0.3) is 0 Å². The highest BCUT2D eigenvalue weighted by atomic mass is 31.2. The molecule has 0 aliphatic heterocycles. The molecule has 0 fully saturated rings. The van der Waals surface area contributed by atoms with Crippen LogP contribution in [0.3, 0.4) is 0 Å². The first-order chi connectivity index (χ1) is 43.0. The number of phosphoric acid groups is 1. The van der Waals surface area contributed by atoms with E-state index in [0.717, 1.165) is 122 Å². The molecule has 496 valence electrons. The Morgan fingerprint density at radius 2 is 0.625 bits per heavy atom. The quantitative estimate of drug-likeness (QED) is 0.0211. The fourth-order valence-electron chi connectivity index (χ4n) is 8.73. The Morgan fingerprint density at radius 1 is 0.352 bits per heavy atom. The second-order valence-electron chi connectivity index (χ2n) is 23.4. The molecule has 0 rings (SSSR count). The average molecular weight is 1240 g/mol. The van der Waals surface area contributed by atoms with Crippen LogP contribution < -0.4 is 0 Å². The van der Waals surface area contributed by atoms with Gasteiger partial charge in [-0.1, -0.05) is 286 Å². The van der Waals surface area contributed by atoms with E-state index in [-0.39, 0.29) is 26.1 Å². The van der Waals surface area contributed by atoms with Crippen molar-refractivity contribution in [3.05, 3.63) is 182 Å². The minimum atomic E-state index is -4.42. The summed E-state index contributed by atoms with van der Waals surface area (Å²) in [5.41, 5.74) is 0. The molecule has 0 aliphatic rings. The van der Waals surface area contributed by atoms with E-state index in [9.17, 15) is 19.0 Å². The van der Waals surface area contributed by atoms with E-state index in [4.69, 9.17) is 18.5 Å². The number of hydrogen-bond acceptors (Lipinski definition) is 7.